The number of anilines is 1. The summed E-state index contributed by atoms with van der Waals surface area (Å²) in [6, 6.07) is 13.3. The van der Waals surface area contributed by atoms with Crippen LogP contribution in [0, 0.1) is 0 Å². The van der Waals surface area contributed by atoms with E-state index in [1.807, 2.05) is 19.1 Å². The Morgan fingerprint density at radius 1 is 1.26 bits per heavy atom. The van der Waals surface area contributed by atoms with Crippen molar-refractivity contribution in [3.05, 3.63) is 81.2 Å². The van der Waals surface area contributed by atoms with Crippen molar-refractivity contribution in [2.75, 3.05) is 26.0 Å². The van der Waals surface area contributed by atoms with Crippen molar-refractivity contribution in [3.63, 3.8) is 0 Å². The van der Waals surface area contributed by atoms with Crippen molar-refractivity contribution < 1.29 is 13.9 Å². The number of hydrogen-bond donors (Lipinski definition) is 1. The first-order valence-electron chi connectivity index (χ1n) is 9.97. The third-order valence-electron chi connectivity index (χ3n) is 5.09. The van der Waals surface area contributed by atoms with E-state index in [1.54, 1.807) is 48.4 Å². The number of hydrogen-bond acceptors (Lipinski definition) is 5. The quantitative estimate of drug-likeness (QED) is 0.470. The molecule has 1 aromatic heterocycles. The van der Waals surface area contributed by atoms with Gasteiger partial charge in [-0.05, 0) is 49.2 Å². The number of rotatable bonds is 4. The maximum Gasteiger partial charge on any atom is 0.210 e. The fraction of sp³-hybridized carbons (Fsp3) is 0.250. The molecule has 3 aromatic rings. The van der Waals surface area contributed by atoms with E-state index in [-0.39, 0.29) is 5.43 Å². The minimum Gasteiger partial charge on any atom is -0.458 e. The summed E-state index contributed by atoms with van der Waals surface area (Å²) in [4.78, 5) is 25.7. The highest BCUT2D eigenvalue weighted by molar-refractivity contribution is 6.30. The number of nitrogens with two attached hydrogens (primary N) is 1. The number of carbonyl (C=O) groups is 1. The fourth-order valence-corrected chi connectivity index (χ4v) is 3.59. The van der Waals surface area contributed by atoms with Crippen molar-refractivity contribution in [2.24, 2.45) is 0 Å². The molecule has 0 radical (unpaired) electrons. The summed E-state index contributed by atoms with van der Waals surface area (Å²) in [5.41, 5.74) is 8.89. The number of halogens is 1. The molecule has 6 nitrogen and oxygen atoms in total. The van der Waals surface area contributed by atoms with Gasteiger partial charge in [-0.3, -0.25) is 9.59 Å². The van der Waals surface area contributed by atoms with Gasteiger partial charge >= 0.3 is 0 Å². The Balaban J connectivity index is 0.000000628. The van der Waals surface area contributed by atoms with Crippen LogP contribution >= 0.6 is 11.6 Å². The van der Waals surface area contributed by atoms with Gasteiger partial charge in [0.05, 0.1) is 5.39 Å². The number of methoxy groups -OCH3 is 1. The lowest BCUT2D eigenvalue weighted by molar-refractivity contribution is -0.119. The lowest BCUT2D eigenvalue weighted by Gasteiger charge is -2.31. The summed E-state index contributed by atoms with van der Waals surface area (Å²) in [5.74, 6) is 0.420. The molecular formula is C24H25ClN2O4. The number of carbonyl (C=O) groups excluding carboxylic acids is 1. The molecule has 0 saturated heterocycles. The minimum absolute atomic E-state index is 0.138. The second-order valence-corrected chi connectivity index (χ2v) is 7.48. The van der Waals surface area contributed by atoms with Crippen LogP contribution in [-0.2, 0) is 9.53 Å². The first-order chi connectivity index (χ1) is 15.0. The summed E-state index contributed by atoms with van der Waals surface area (Å²) in [5, 5.41) is 1.10. The predicted molar refractivity (Wildman–Crippen MR) is 124 cm³/mol. The van der Waals surface area contributed by atoms with Crippen LogP contribution in [0.2, 0.25) is 5.02 Å². The molecule has 0 saturated carbocycles. The van der Waals surface area contributed by atoms with E-state index in [0.29, 0.717) is 40.4 Å². The van der Waals surface area contributed by atoms with Crippen LogP contribution in [0.25, 0.3) is 16.5 Å². The standard InChI is InChI=1S/C21H17ClN2O3.C3H8O/c22-14-5-6-17(23)16(10-14)13-7-8-24(12-25)18(9-13)21-11-19(26)15-3-1-2-4-20(15)27-21;1-3-4-2/h1-6,9-12,18H,7-8,23H2;3H2,1-2H3. The Kier molecular flexibility index (Phi) is 7.50. The van der Waals surface area contributed by atoms with Crippen LogP contribution in [0.3, 0.4) is 0 Å². The third-order valence-corrected chi connectivity index (χ3v) is 5.32. The molecule has 2 N–H and O–H groups in total. The third kappa shape index (κ3) is 5.16. The van der Waals surface area contributed by atoms with Gasteiger partial charge in [-0.15, -0.1) is 0 Å². The number of fused-ring (bicyclic) bond motifs is 1. The first kappa shape index (κ1) is 22.6. The Bertz CT molecular complexity index is 1150. The first-order valence-corrected chi connectivity index (χ1v) is 10.3. The van der Waals surface area contributed by atoms with E-state index in [9.17, 15) is 9.59 Å². The number of nitrogen functional groups attached to an aromatic ring is 1. The average Bonchev–Trinajstić information content (AvgIpc) is 2.80. The highest BCUT2D eigenvalue weighted by atomic mass is 35.5. The largest absolute Gasteiger partial charge is 0.458 e. The van der Waals surface area contributed by atoms with Crippen LogP contribution in [0.15, 0.2) is 63.8 Å². The van der Waals surface area contributed by atoms with E-state index >= 15 is 0 Å². The Morgan fingerprint density at radius 3 is 2.71 bits per heavy atom. The van der Waals surface area contributed by atoms with Gasteiger partial charge in [0.25, 0.3) is 0 Å². The van der Waals surface area contributed by atoms with E-state index in [4.69, 9.17) is 21.8 Å². The minimum atomic E-state index is -0.484. The number of para-hydroxylation sites is 1. The molecule has 1 amide bonds. The van der Waals surface area contributed by atoms with Crippen molar-refractivity contribution in [3.8, 4) is 0 Å². The van der Waals surface area contributed by atoms with Gasteiger partial charge < -0.3 is 19.8 Å². The molecule has 0 bridgehead atoms. The molecule has 162 valence electrons. The Labute approximate surface area is 185 Å². The molecule has 31 heavy (non-hydrogen) atoms. The number of ether oxygens (including phenoxy) is 1. The van der Waals surface area contributed by atoms with Gasteiger partial charge in [0, 0.05) is 42.6 Å². The van der Waals surface area contributed by atoms with Crippen LogP contribution in [0.4, 0.5) is 5.69 Å². The van der Waals surface area contributed by atoms with Crippen molar-refractivity contribution >= 4 is 40.2 Å². The second kappa shape index (κ2) is 10.3. The SMILES string of the molecule is CCOC.Nc1ccc(Cl)cc1C1=CC(c2cc(=O)c3ccccc3o2)N(C=O)CC1. The zero-order valence-electron chi connectivity index (χ0n) is 17.5. The second-order valence-electron chi connectivity index (χ2n) is 7.05. The Morgan fingerprint density at radius 2 is 2.00 bits per heavy atom. The number of amides is 1. The average molecular weight is 441 g/mol. The molecule has 2 heterocycles. The van der Waals surface area contributed by atoms with E-state index < -0.39 is 6.04 Å². The Hall–Kier alpha value is -3.09. The summed E-state index contributed by atoms with van der Waals surface area (Å²) in [6.45, 7) is 3.27. The van der Waals surface area contributed by atoms with Gasteiger partial charge in [0.1, 0.15) is 17.4 Å². The van der Waals surface area contributed by atoms with Gasteiger partial charge in [-0.2, -0.15) is 0 Å². The van der Waals surface area contributed by atoms with Crippen LogP contribution in [-0.4, -0.2) is 31.6 Å². The maximum atomic E-state index is 12.5. The molecule has 1 atom stereocenters. The highest BCUT2D eigenvalue weighted by Crippen LogP contribution is 2.36. The molecule has 2 aromatic carbocycles. The molecule has 1 unspecified atom stereocenters. The maximum absolute atomic E-state index is 12.5. The molecule has 0 aliphatic carbocycles. The lowest BCUT2D eigenvalue weighted by Crippen LogP contribution is -2.31. The highest BCUT2D eigenvalue weighted by Gasteiger charge is 2.26. The topological polar surface area (TPSA) is 85.8 Å². The molecular weight excluding hydrogens is 416 g/mol. The van der Waals surface area contributed by atoms with Gasteiger partial charge in [-0.1, -0.05) is 29.8 Å². The van der Waals surface area contributed by atoms with Gasteiger partial charge in [0.15, 0.2) is 5.43 Å². The smallest absolute Gasteiger partial charge is 0.210 e. The van der Waals surface area contributed by atoms with Crippen LogP contribution in [0.1, 0.15) is 30.7 Å². The molecule has 0 fully saturated rings. The summed E-state index contributed by atoms with van der Waals surface area (Å²) in [6.07, 6.45) is 3.32. The summed E-state index contributed by atoms with van der Waals surface area (Å²) >= 11 is 6.12. The number of benzene rings is 2. The zero-order valence-corrected chi connectivity index (χ0v) is 18.3. The summed E-state index contributed by atoms with van der Waals surface area (Å²) < 4.78 is 10.5. The molecule has 4 rings (SSSR count). The van der Waals surface area contributed by atoms with Crippen molar-refractivity contribution in [2.45, 2.75) is 19.4 Å². The molecule has 1 aliphatic heterocycles. The predicted octanol–water partition coefficient (Wildman–Crippen LogP) is 4.67. The normalized spacial score (nSPS) is 15.8. The van der Waals surface area contributed by atoms with Crippen molar-refractivity contribution in [1.29, 1.82) is 0 Å². The number of nitrogens with zero attached hydrogens (tertiary/aromatic N) is 1. The summed E-state index contributed by atoms with van der Waals surface area (Å²) in [7, 11) is 1.68. The molecule has 7 heteroatoms. The van der Waals surface area contributed by atoms with Crippen LogP contribution in [0.5, 0.6) is 0 Å². The van der Waals surface area contributed by atoms with Crippen LogP contribution < -0.4 is 11.2 Å². The van der Waals surface area contributed by atoms with Gasteiger partial charge in [0.2, 0.25) is 6.41 Å². The van der Waals surface area contributed by atoms with Gasteiger partial charge in [-0.25, -0.2) is 0 Å². The fourth-order valence-electron chi connectivity index (χ4n) is 3.42. The van der Waals surface area contributed by atoms with E-state index in [1.165, 1.54) is 6.07 Å². The lowest BCUT2D eigenvalue weighted by atomic mass is 9.93. The van der Waals surface area contributed by atoms with E-state index in [2.05, 4.69) is 4.74 Å². The molecule has 0 spiro atoms. The monoisotopic (exact) mass is 440 g/mol. The molecule has 1 aliphatic rings. The zero-order chi connectivity index (χ0) is 22.4. The van der Waals surface area contributed by atoms with Crippen molar-refractivity contribution in [1.82, 2.24) is 4.90 Å². The van der Waals surface area contributed by atoms with E-state index in [0.717, 1.165) is 24.2 Å².